The van der Waals surface area contributed by atoms with Crippen molar-refractivity contribution in [2.45, 2.75) is 12.8 Å². The highest BCUT2D eigenvalue weighted by Crippen LogP contribution is 2.14. The number of hydrogen-bond donors (Lipinski definition) is 1. The third-order valence-corrected chi connectivity index (χ3v) is 3.27. The lowest BCUT2D eigenvalue weighted by atomic mass is 10.3. The molecule has 2 rings (SSSR count). The Morgan fingerprint density at radius 3 is 3.05 bits per heavy atom. The standard InChI is InChI=1S/C13H12FNO3S/c14-9-2-1-3-11(6-9)18-5-4-12-15-10(8-19-12)7-13(16)17/h1-3,6,8H,4-5,7H2,(H,16,17). The van der Waals surface area contributed by atoms with Crippen molar-refractivity contribution in [3.8, 4) is 5.75 Å². The fourth-order valence-electron chi connectivity index (χ4n) is 1.51. The Balaban J connectivity index is 1.82. The molecule has 0 unspecified atom stereocenters. The highest BCUT2D eigenvalue weighted by molar-refractivity contribution is 7.09. The highest BCUT2D eigenvalue weighted by atomic mass is 32.1. The van der Waals surface area contributed by atoms with Crippen LogP contribution < -0.4 is 4.74 Å². The lowest BCUT2D eigenvalue weighted by Gasteiger charge is -2.04. The van der Waals surface area contributed by atoms with Crippen molar-refractivity contribution in [1.82, 2.24) is 4.98 Å². The molecule has 0 aliphatic heterocycles. The molecule has 2 aromatic rings. The summed E-state index contributed by atoms with van der Waals surface area (Å²) in [5, 5.41) is 11.2. The summed E-state index contributed by atoms with van der Waals surface area (Å²) in [6.07, 6.45) is 0.502. The molecule has 19 heavy (non-hydrogen) atoms. The number of carbonyl (C=O) groups is 1. The van der Waals surface area contributed by atoms with Crippen molar-refractivity contribution in [2.75, 3.05) is 6.61 Å². The summed E-state index contributed by atoms with van der Waals surface area (Å²) in [7, 11) is 0. The van der Waals surface area contributed by atoms with Crippen LogP contribution in [0.15, 0.2) is 29.6 Å². The van der Waals surface area contributed by atoms with Crippen LogP contribution in [0.2, 0.25) is 0 Å². The van der Waals surface area contributed by atoms with Crippen molar-refractivity contribution in [3.05, 3.63) is 46.2 Å². The molecule has 100 valence electrons. The molecule has 0 spiro atoms. The monoisotopic (exact) mass is 281 g/mol. The average Bonchev–Trinajstić information content (AvgIpc) is 2.76. The molecule has 1 aromatic heterocycles. The molecule has 0 fully saturated rings. The van der Waals surface area contributed by atoms with Crippen molar-refractivity contribution < 1.29 is 19.0 Å². The predicted molar refractivity (Wildman–Crippen MR) is 69.1 cm³/mol. The van der Waals surface area contributed by atoms with Gasteiger partial charge < -0.3 is 9.84 Å². The second kappa shape index (κ2) is 6.29. The van der Waals surface area contributed by atoms with E-state index in [0.29, 0.717) is 24.5 Å². The molecule has 6 heteroatoms. The lowest BCUT2D eigenvalue weighted by molar-refractivity contribution is -0.136. The summed E-state index contributed by atoms with van der Waals surface area (Å²) in [6, 6.07) is 5.93. The topological polar surface area (TPSA) is 59.4 Å². The minimum Gasteiger partial charge on any atom is -0.493 e. The molecule has 0 radical (unpaired) electrons. The van der Waals surface area contributed by atoms with Crippen LogP contribution in [-0.2, 0) is 17.6 Å². The first-order valence-corrected chi connectivity index (χ1v) is 6.55. The molecular weight excluding hydrogens is 269 g/mol. The number of aromatic nitrogens is 1. The van der Waals surface area contributed by atoms with Crippen LogP contribution >= 0.6 is 11.3 Å². The van der Waals surface area contributed by atoms with E-state index in [-0.39, 0.29) is 12.2 Å². The zero-order chi connectivity index (χ0) is 13.7. The molecule has 0 amide bonds. The van der Waals surface area contributed by atoms with Gasteiger partial charge in [0, 0.05) is 17.9 Å². The van der Waals surface area contributed by atoms with Gasteiger partial charge in [-0.25, -0.2) is 9.37 Å². The minimum absolute atomic E-state index is 0.0682. The zero-order valence-corrected chi connectivity index (χ0v) is 10.8. The van der Waals surface area contributed by atoms with Crippen LogP contribution in [-0.4, -0.2) is 22.7 Å². The van der Waals surface area contributed by atoms with Gasteiger partial charge in [-0.3, -0.25) is 4.79 Å². The molecular formula is C13H12FNO3S. The van der Waals surface area contributed by atoms with E-state index in [0.717, 1.165) is 5.01 Å². The van der Waals surface area contributed by atoms with E-state index in [1.807, 2.05) is 0 Å². The molecule has 0 saturated heterocycles. The van der Waals surface area contributed by atoms with E-state index in [1.165, 1.54) is 23.5 Å². The molecule has 0 atom stereocenters. The van der Waals surface area contributed by atoms with Crippen molar-refractivity contribution >= 4 is 17.3 Å². The first-order valence-electron chi connectivity index (χ1n) is 5.67. The van der Waals surface area contributed by atoms with Crippen LogP contribution in [0, 0.1) is 5.82 Å². The number of benzene rings is 1. The van der Waals surface area contributed by atoms with Crippen LogP contribution in [0.1, 0.15) is 10.7 Å². The molecule has 4 nitrogen and oxygen atoms in total. The third-order valence-electron chi connectivity index (χ3n) is 2.31. The van der Waals surface area contributed by atoms with E-state index in [4.69, 9.17) is 9.84 Å². The molecule has 1 N–H and O–H groups in total. The Morgan fingerprint density at radius 2 is 2.32 bits per heavy atom. The summed E-state index contributed by atoms with van der Waals surface area (Å²) in [6.45, 7) is 0.378. The van der Waals surface area contributed by atoms with E-state index >= 15 is 0 Å². The smallest absolute Gasteiger partial charge is 0.309 e. The predicted octanol–water partition coefficient (Wildman–Crippen LogP) is 2.53. The van der Waals surface area contributed by atoms with Gasteiger partial charge in [-0.1, -0.05) is 6.07 Å². The van der Waals surface area contributed by atoms with Gasteiger partial charge in [0.15, 0.2) is 0 Å². The fraction of sp³-hybridized carbons (Fsp3) is 0.231. The van der Waals surface area contributed by atoms with Crippen LogP contribution in [0.25, 0.3) is 0 Å². The average molecular weight is 281 g/mol. The van der Waals surface area contributed by atoms with E-state index in [1.54, 1.807) is 17.5 Å². The van der Waals surface area contributed by atoms with Crippen LogP contribution in [0.4, 0.5) is 4.39 Å². The quantitative estimate of drug-likeness (QED) is 0.884. The van der Waals surface area contributed by atoms with Crippen molar-refractivity contribution in [2.24, 2.45) is 0 Å². The van der Waals surface area contributed by atoms with E-state index in [2.05, 4.69) is 4.98 Å². The maximum Gasteiger partial charge on any atom is 0.309 e. The van der Waals surface area contributed by atoms with Gasteiger partial charge in [0.1, 0.15) is 11.6 Å². The number of aliphatic carboxylic acids is 1. The van der Waals surface area contributed by atoms with Gasteiger partial charge >= 0.3 is 5.97 Å². The summed E-state index contributed by atoms with van der Waals surface area (Å²) in [4.78, 5) is 14.7. The number of nitrogens with zero attached hydrogens (tertiary/aromatic N) is 1. The SMILES string of the molecule is O=C(O)Cc1csc(CCOc2cccc(F)c2)n1. The fourth-order valence-corrected chi connectivity index (χ4v) is 2.29. The second-order valence-corrected chi connectivity index (χ2v) is 4.80. The molecule has 0 saturated carbocycles. The number of hydrogen-bond acceptors (Lipinski definition) is 4. The van der Waals surface area contributed by atoms with Crippen molar-refractivity contribution in [3.63, 3.8) is 0 Å². The van der Waals surface area contributed by atoms with Crippen LogP contribution in [0.5, 0.6) is 5.75 Å². The van der Waals surface area contributed by atoms with Gasteiger partial charge in [0.2, 0.25) is 0 Å². The first kappa shape index (κ1) is 13.5. The molecule has 0 aliphatic carbocycles. The number of halogens is 1. The van der Waals surface area contributed by atoms with Gasteiger partial charge in [-0.05, 0) is 12.1 Å². The van der Waals surface area contributed by atoms with Gasteiger partial charge in [0.05, 0.1) is 23.7 Å². The Hall–Kier alpha value is -1.95. The normalized spacial score (nSPS) is 10.4. The maximum absolute atomic E-state index is 12.9. The molecule has 0 aliphatic rings. The maximum atomic E-state index is 12.9. The lowest BCUT2D eigenvalue weighted by Crippen LogP contribution is -2.03. The van der Waals surface area contributed by atoms with Crippen molar-refractivity contribution in [1.29, 1.82) is 0 Å². The second-order valence-electron chi connectivity index (χ2n) is 3.86. The van der Waals surface area contributed by atoms with Gasteiger partial charge in [-0.15, -0.1) is 11.3 Å². The molecule has 0 bridgehead atoms. The van der Waals surface area contributed by atoms with Crippen LogP contribution in [0.3, 0.4) is 0 Å². The minimum atomic E-state index is -0.895. The Kier molecular flexibility index (Phi) is 4.46. The number of carboxylic acids is 1. The van der Waals surface area contributed by atoms with E-state index in [9.17, 15) is 9.18 Å². The largest absolute Gasteiger partial charge is 0.493 e. The number of rotatable bonds is 6. The zero-order valence-electron chi connectivity index (χ0n) is 10.0. The highest BCUT2D eigenvalue weighted by Gasteiger charge is 2.06. The van der Waals surface area contributed by atoms with Gasteiger partial charge in [0.25, 0.3) is 0 Å². The first-order chi connectivity index (χ1) is 9.13. The number of carboxylic acid groups (broad SMARTS) is 1. The Labute approximate surface area is 113 Å². The Morgan fingerprint density at radius 1 is 1.47 bits per heavy atom. The Bertz CT molecular complexity index is 571. The van der Waals surface area contributed by atoms with Gasteiger partial charge in [-0.2, -0.15) is 0 Å². The number of ether oxygens (including phenoxy) is 1. The summed E-state index contributed by atoms with van der Waals surface area (Å²) < 4.78 is 18.3. The number of thiazole rings is 1. The molecule has 1 heterocycles. The van der Waals surface area contributed by atoms with E-state index < -0.39 is 5.97 Å². The molecule has 1 aromatic carbocycles. The summed E-state index contributed by atoms with van der Waals surface area (Å²) >= 11 is 1.40. The summed E-state index contributed by atoms with van der Waals surface area (Å²) in [5.41, 5.74) is 0.554. The third kappa shape index (κ3) is 4.33. The summed E-state index contributed by atoms with van der Waals surface area (Å²) in [5.74, 6) is -0.759.